The summed E-state index contributed by atoms with van der Waals surface area (Å²) in [4.78, 5) is 37.4. The number of likely N-dealkylation sites (N-methyl/N-ethyl adjacent to an activating group) is 1. The maximum absolute atomic E-state index is 12.9. The Balaban J connectivity index is 3.94. The molecule has 0 radical (unpaired) electrons. The summed E-state index contributed by atoms with van der Waals surface area (Å²) in [5.41, 5.74) is 0. The molecular weight excluding hydrogens is 1030 g/mol. The fourth-order valence-electron chi connectivity index (χ4n) is 11.1. The zero-order chi connectivity index (χ0) is 60.5. The van der Waals surface area contributed by atoms with Crippen molar-refractivity contribution in [1.82, 2.24) is 0 Å². The molecule has 0 heterocycles. The highest BCUT2D eigenvalue weighted by Crippen LogP contribution is 2.19. The van der Waals surface area contributed by atoms with E-state index in [0.29, 0.717) is 17.4 Å². The average Bonchev–Trinajstić information content (AvgIpc) is 3.46. The van der Waals surface area contributed by atoms with Crippen LogP contribution in [0.1, 0.15) is 373 Å². The van der Waals surface area contributed by atoms with Gasteiger partial charge in [-0.05, 0) is 44.9 Å². The molecule has 2 atom stereocenters. The number of carboxylic acid groups (broad SMARTS) is 1. The standard InChI is InChI=1S/C74H141NO8/c1-6-8-10-12-14-16-18-20-22-24-26-27-28-29-30-31-32-33-34-35-36-37-38-39-40-41-42-43-44-45-47-49-51-53-55-57-59-61-63-65-72(77)83-70(69-82-74(73(78)79)80-67-66-75(3,4)5)68-81-71(76)64-62-60-58-56-54-52-50-48-46-25-23-21-19-17-15-13-11-9-7-2/h18,20,24,26,70,74H,6-17,19,21-23,25,27-69H2,1-5H3/b20-18-,26-24-. The van der Waals surface area contributed by atoms with Gasteiger partial charge in [0, 0.05) is 12.8 Å². The van der Waals surface area contributed by atoms with E-state index in [1.54, 1.807) is 0 Å². The van der Waals surface area contributed by atoms with Crippen molar-refractivity contribution in [3.63, 3.8) is 0 Å². The van der Waals surface area contributed by atoms with Crippen molar-refractivity contribution in [1.29, 1.82) is 0 Å². The first-order valence-corrected chi connectivity index (χ1v) is 36.5. The number of esters is 2. The van der Waals surface area contributed by atoms with Crippen LogP contribution in [0.2, 0.25) is 0 Å². The Morgan fingerprint density at radius 2 is 0.651 bits per heavy atom. The van der Waals surface area contributed by atoms with Crippen molar-refractivity contribution in [2.45, 2.75) is 386 Å². The van der Waals surface area contributed by atoms with Gasteiger partial charge in [0.25, 0.3) is 0 Å². The fourth-order valence-corrected chi connectivity index (χ4v) is 11.1. The zero-order valence-electron chi connectivity index (χ0n) is 56.1. The van der Waals surface area contributed by atoms with E-state index in [4.69, 9.17) is 18.9 Å². The highest BCUT2D eigenvalue weighted by atomic mass is 16.7. The molecule has 0 aromatic rings. The third kappa shape index (κ3) is 67.1. The summed E-state index contributed by atoms with van der Waals surface area (Å²) in [6.45, 7) is 4.81. The molecule has 0 aromatic heterocycles. The van der Waals surface area contributed by atoms with E-state index < -0.39 is 24.3 Å². The second-order valence-electron chi connectivity index (χ2n) is 26.2. The van der Waals surface area contributed by atoms with Crippen LogP contribution in [0.3, 0.4) is 0 Å². The lowest BCUT2D eigenvalue weighted by Gasteiger charge is -2.26. The minimum atomic E-state index is -1.62. The molecule has 83 heavy (non-hydrogen) atoms. The Kier molecular flexibility index (Phi) is 64.0. The number of hydrogen-bond donors (Lipinski definition) is 0. The van der Waals surface area contributed by atoms with Crippen molar-refractivity contribution in [3.05, 3.63) is 24.3 Å². The Hall–Kier alpha value is -2.23. The molecule has 0 aliphatic rings. The van der Waals surface area contributed by atoms with Gasteiger partial charge in [-0.25, -0.2) is 0 Å². The van der Waals surface area contributed by atoms with Gasteiger partial charge in [-0.3, -0.25) is 9.59 Å². The maximum atomic E-state index is 12.9. The number of carbonyl (C=O) groups excluding carboxylic acids is 3. The second-order valence-corrected chi connectivity index (χ2v) is 26.2. The zero-order valence-corrected chi connectivity index (χ0v) is 56.1. The van der Waals surface area contributed by atoms with Gasteiger partial charge in [-0.1, -0.05) is 340 Å². The number of quaternary nitrogens is 1. The number of nitrogens with zero attached hydrogens (tertiary/aromatic N) is 1. The van der Waals surface area contributed by atoms with Gasteiger partial charge in [0.15, 0.2) is 12.4 Å². The van der Waals surface area contributed by atoms with Crippen LogP contribution in [0.4, 0.5) is 0 Å². The van der Waals surface area contributed by atoms with Crippen molar-refractivity contribution >= 4 is 17.9 Å². The van der Waals surface area contributed by atoms with Gasteiger partial charge in [0.05, 0.1) is 40.3 Å². The molecule has 0 spiro atoms. The Morgan fingerprint density at radius 1 is 0.361 bits per heavy atom. The lowest BCUT2D eigenvalue weighted by atomic mass is 10.0. The number of ether oxygens (including phenoxy) is 4. The Morgan fingerprint density at radius 3 is 0.952 bits per heavy atom. The molecule has 0 fully saturated rings. The molecule has 0 aromatic carbocycles. The predicted molar refractivity (Wildman–Crippen MR) is 353 cm³/mol. The molecule has 0 aliphatic heterocycles. The lowest BCUT2D eigenvalue weighted by Crippen LogP contribution is -2.44. The normalized spacial score (nSPS) is 12.7. The van der Waals surface area contributed by atoms with Gasteiger partial charge in [-0.15, -0.1) is 0 Å². The molecule has 0 saturated carbocycles. The lowest BCUT2D eigenvalue weighted by molar-refractivity contribution is -0.870. The van der Waals surface area contributed by atoms with Crippen LogP contribution in [0, 0.1) is 0 Å². The second kappa shape index (κ2) is 65.7. The van der Waals surface area contributed by atoms with Gasteiger partial charge < -0.3 is 33.3 Å². The fraction of sp³-hybridized carbons (Fsp3) is 0.905. The molecule has 0 N–H and O–H groups in total. The molecule has 0 amide bonds. The summed E-state index contributed by atoms with van der Waals surface area (Å²) in [6.07, 6.45) is 78.6. The van der Waals surface area contributed by atoms with Crippen LogP contribution in [0.15, 0.2) is 24.3 Å². The first-order chi connectivity index (χ1) is 40.6. The largest absolute Gasteiger partial charge is 0.545 e. The van der Waals surface area contributed by atoms with Gasteiger partial charge >= 0.3 is 11.9 Å². The van der Waals surface area contributed by atoms with Crippen LogP contribution in [0.25, 0.3) is 0 Å². The van der Waals surface area contributed by atoms with Crippen molar-refractivity contribution in [3.8, 4) is 0 Å². The summed E-state index contributed by atoms with van der Waals surface area (Å²) < 4.78 is 22.8. The van der Waals surface area contributed by atoms with Gasteiger partial charge in [0.2, 0.25) is 0 Å². The number of unbranched alkanes of at least 4 members (excludes halogenated alkanes) is 50. The number of rotatable bonds is 69. The van der Waals surface area contributed by atoms with Crippen molar-refractivity contribution in [2.75, 3.05) is 47.5 Å². The SMILES string of the molecule is CCCCCCC/C=C\C/C=C\CCCCCCCCCCCCCCCCCCCCCCCCCCCCCC(=O)OC(COC(=O)CCCCCCCCCCCCCCCCCCCCC)COC(OCC[N+](C)(C)C)C(=O)[O-]. The van der Waals surface area contributed by atoms with Gasteiger partial charge in [0.1, 0.15) is 13.2 Å². The Bertz CT molecular complexity index is 1410. The molecule has 9 nitrogen and oxygen atoms in total. The van der Waals surface area contributed by atoms with E-state index in [2.05, 4.69) is 38.2 Å². The molecule has 2 unspecified atom stereocenters. The number of carboxylic acids is 1. The molecular formula is C74H141NO8. The van der Waals surface area contributed by atoms with E-state index >= 15 is 0 Å². The number of aliphatic carboxylic acids is 1. The highest BCUT2D eigenvalue weighted by molar-refractivity contribution is 5.70. The summed E-state index contributed by atoms with van der Waals surface area (Å²) >= 11 is 0. The van der Waals surface area contributed by atoms with E-state index in [1.165, 1.54) is 302 Å². The maximum Gasteiger partial charge on any atom is 0.306 e. The van der Waals surface area contributed by atoms with Crippen LogP contribution in [-0.4, -0.2) is 82.3 Å². The van der Waals surface area contributed by atoms with Crippen LogP contribution in [0.5, 0.6) is 0 Å². The first-order valence-electron chi connectivity index (χ1n) is 36.5. The summed E-state index contributed by atoms with van der Waals surface area (Å²) in [5, 5.41) is 11.8. The van der Waals surface area contributed by atoms with E-state index in [0.717, 1.165) is 44.9 Å². The van der Waals surface area contributed by atoms with Gasteiger partial charge in [-0.2, -0.15) is 0 Å². The van der Waals surface area contributed by atoms with E-state index in [9.17, 15) is 19.5 Å². The monoisotopic (exact) mass is 1170 g/mol. The number of hydrogen-bond acceptors (Lipinski definition) is 8. The Labute approximate surface area is 516 Å². The third-order valence-corrected chi connectivity index (χ3v) is 16.7. The topological polar surface area (TPSA) is 111 Å². The van der Waals surface area contributed by atoms with E-state index in [-0.39, 0.29) is 32.2 Å². The van der Waals surface area contributed by atoms with Crippen molar-refractivity contribution < 1.29 is 42.9 Å². The summed E-state index contributed by atoms with van der Waals surface area (Å²) in [7, 11) is 5.95. The molecule has 0 rings (SSSR count). The molecule has 0 aliphatic carbocycles. The average molecular weight is 1170 g/mol. The van der Waals surface area contributed by atoms with Crippen LogP contribution < -0.4 is 5.11 Å². The van der Waals surface area contributed by atoms with Crippen LogP contribution in [-0.2, 0) is 33.3 Å². The highest BCUT2D eigenvalue weighted by Gasteiger charge is 2.22. The third-order valence-electron chi connectivity index (χ3n) is 16.7. The first kappa shape index (κ1) is 80.8. The molecule has 490 valence electrons. The quantitative estimate of drug-likeness (QED) is 0.0195. The predicted octanol–water partition coefficient (Wildman–Crippen LogP) is 21.3. The minimum absolute atomic E-state index is 0.152. The molecule has 0 saturated heterocycles. The number of allylic oxidation sites excluding steroid dienone is 4. The smallest absolute Gasteiger partial charge is 0.306 e. The van der Waals surface area contributed by atoms with E-state index in [1.807, 2.05) is 21.1 Å². The van der Waals surface area contributed by atoms with Crippen molar-refractivity contribution in [2.24, 2.45) is 0 Å². The molecule has 9 heteroatoms. The number of carbonyl (C=O) groups is 3. The van der Waals surface area contributed by atoms with Crippen LogP contribution >= 0.6 is 0 Å². The summed E-state index contributed by atoms with van der Waals surface area (Å²) in [6, 6.07) is 0. The summed E-state index contributed by atoms with van der Waals surface area (Å²) in [5.74, 6) is -2.25. The molecule has 0 bridgehead atoms. The minimum Gasteiger partial charge on any atom is -0.545 e.